The van der Waals surface area contributed by atoms with Gasteiger partial charge in [-0.15, -0.1) is 0 Å². The second kappa shape index (κ2) is 3.92. The molecule has 0 spiro atoms. The topological polar surface area (TPSA) is 43.4 Å². The predicted molar refractivity (Wildman–Crippen MR) is 40.0 cm³/mol. The van der Waals surface area contributed by atoms with Crippen molar-refractivity contribution in [1.29, 1.82) is 0 Å². The van der Waals surface area contributed by atoms with Crippen LogP contribution in [0.5, 0.6) is 0 Å². The van der Waals surface area contributed by atoms with E-state index < -0.39 is 28.2 Å². The van der Waals surface area contributed by atoms with Crippen molar-refractivity contribution in [3.8, 4) is 0 Å². The summed E-state index contributed by atoms with van der Waals surface area (Å²) in [6.45, 7) is 3.53. The van der Waals surface area contributed by atoms with E-state index in [4.69, 9.17) is 4.21 Å². The van der Waals surface area contributed by atoms with Gasteiger partial charge in [-0.25, -0.2) is 0 Å². The Morgan fingerprint density at radius 1 is 1.40 bits per heavy atom. The average Bonchev–Trinajstić information content (AvgIpc) is 1.60. The fourth-order valence-electron chi connectivity index (χ4n) is 0.275. The standard InChI is InChI=1S/C3H10O2PSi.CH3.Co.O/c1-7(2,3)5-6-4;;;/h6H,1-3H3;1H3;;/q+1;;-1;. The number of hydrogen-bond donors (Lipinski definition) is 0. The monoisotopic (exact) mass is 227 g/mol. The molecule has 0 bridgehead atoms. The van der Waals surface area contributed by atoms with Crippen LogP contribution in [0, 0.1) is 0 Å². The molecule has 1 atom stereocenters. The van der Waals surface area contributed by atoms with Crippen molar-refractivity contribution in [3.63, 3.8) is 0 Å². The van der Waals surface area contributed by atoms with Crippen LogP contribution < -0.4 is 0 Å². The molecule has 0 amide bonds. The molecule has 65 valence electrons. The van der Waals surface area contributed by atoms with Gasteiger partial charge in [0.15, 0.2) is 0 Å². The van der Waals surface area contributed by atoms with Gasteiger partial charge >= 0.3 is 66.4 Å². The van der Waals surface area contributed by atoms with Crippen molar-refractivity contribution >= 4 is 15.1 Å². The van der Waals surface area contributed by atoms with Crippen molar-refractivity contribution in [1.82, 2.24) is 0 Å². The van der Waals surface area contributed by atoms with Crippen LogP contribution >= 0.6 is 6.76 Å². The molecule has 0 radical (unpaired) electrons. The van der Waals surface area contributed by atoms with E-state index in [1.54, 1.807) is 0 Å². The minimum atomic E-state index is -2.25. The zero-order valence-corrected chi connectivity index (χ0v) is 9.60. The molecular formula is C4H13CoO3PSi. The Labute approximate surface area is 66.7 Å². The Morgan fingerprint density at radius 2 is 1.80 bits per heavy atom. The van der Waals surface area contributed by atoms with Gasteiger partial charge in [-0.3, -0.25) is 0 Å². The first-order chi connectivity index (χ1) is 4.33. The molecule has 6 heteroatoms. The third kappa shape index (κ3) is 5.49. The zero-order chi connectivity index (χ0) is 8.36. The van der Waals surface area contributed by atoms with Crippen LogP contribution in [0.1, 0.15) is 0 Å². The molecule has 3 nitrogen and oxygen atoms in total. The van der Waals surface area contributed by atoms with Gasteiger partial charge in [-0.1, -0.05) is 0 Å². The van der Waals surface area contributed by atoms with Crippen LogP contribution in [0.15, 0.2) is 0 Å². The van der Waals surface area contributed by atoms with E-state index in [1.165, 1.54) is 5.86 Å². The first-order valence-electron chi connectivity index (χ1n) is 2.75. The van der Waals surface area contributed by atoms with E-state index in [9.17, 15) is 8.43 Å². The summed E-state index contributed by atoms with van der Waals surface area (Å²) in [4.78, 5) is 0. The summed E-state index contributed by atoms with van der Waals surface area (Å²) in [5, 5.41) is 0. The molecule has 0 aromatic carbocycles. The maximum atomic E-state index is 10.9. The van der Waals surface area contributed by atoms with Gasteiger partial charge in [0.25, 0.3) is 0 Å². The van der Waals surface area contributed by atoms with E-state index in [-0.39, 0.29) is 0 Å². The number of hydrogen-bond acceptors (Lipinski definition) is 3. The molecule has 0 fully saturated rings. The summed E-state index contributed by atoms with van der Waals surface area (Å²) in [5.41, 5.74) is 0. The zero-order valence-electron chi connectivity index (χ0n) is 6.56. The molecule has 1 unspecified atom stereocenters. The molecule has 0 rings (SSSR count). The summed E-state index contributed by atoms with van der Waals surface area (Å²) in [7, 11) is -1.73. The molecule has 0 aromatic rings. The Morgan fingerprint density at radius 3 is 1.90 bits per heavy atom. The van der Waals surface area contributed by atoms with Crippen LogP contribution in [0.4, 0.5) is 0 Å². The third-order valence-corrected chi connectivity index (χ3v) is 6.76. The molecule has 0 heterocycles. The Balaban J connectivity index is 3.93. The SMILES string of the molecule is [CH3][Co](=[O])[PH](=O)O[Si](C)(C)C. The Hall–Kier alpha value is 0.713. The fourth-order valence-corrected chi connectivity index (χ4v) is 6.69. The molecule has 0 aliphatic heterocycles. The molecule has 0 aromatic heterocycles. The van der Waals surface area contributed by atoms with Crippen LogP contribution in [0.3, 0.4) is 0 Å². The summed E-state index contributed by atoms with van der Waals surface area (Å²) in [6, 6.07) is 0. The molecule has 0 saturated heterocycles. The van der Waals surface area contributed by atoms with Crippen LogP contribution in [0.2, 0.25) is 25.5 Å². The average molecular weight is 227 g/mol. The first-order valence-corrected chi connectivity index (χ1v) is 10.3. The quantitative estimate of drug-likeness (QED) is 0.548. The van der Waals surface area contributed by atoms with Crippen LogP contribution in [-0.4, -0.2) is 8.32 Å². The fraction of sp³-hybridized carbons (Fsp3) is 1.00. The second-order valence-corrected chi connectivity index (χ2v) is 12.7. The van der Waals surface area contributed by atoms with E-state index in [0.29, 0.717) is 0 Å². The van der Waals surface area contributed by atoms with E-state index >= 15 is 0 Å². The van der Waals surface area contributed by atoms with Gasteiger partial charge in [0.1, 0.15) is 0 Å². The van der Waals surface area contributed by atoms with Gasteiger partial charge in [-0.05, 0) is 0 Å². The van der Waals surface area contributed by atoms with Gasteiger partial charge in [0, 0.05) is 0 Å². The van der Waals surface area contributed by atoms with Gasteiger partial charge in [0.05, 0.1) is 0 Å². The summed E-state index contributed by atoms with van der Waals surface area (Å²) in [6.07, 6.45) is 0. The molecule has 0 saturated carbocycles. The summed E-state index contributed by atoms with van der Waals surface area (Å²) < 4.78 is 26.6. The van der Waals surface area contributed by atoms with Gasteiger partial charge in [0.2, 0.25) is 0 Å². The molecular weight excluding hydrogens is 214 g/mol. The predicted octanol–water partition coefficient (Wildman–Crippen LogP) is 2.24. The van der Waals surface area contributed by atoms with Crippen molar-refractivity contribution in [2.24, 2.45) is 0 Å². The van der Waals surface area contributed by atoms with Crippen LogP contribution in [-0.2, 0) is 25.8 Å². The van der Waals surface area contributed by atoms with Crippen molar-refractivity contribution in [2.45, 2.75) is 25.5 Å². The van der Waals surface area contributed by atoms with E-state index in [1.807, 2.05) is 19.6 Å². The second-order valence-electron chi connectivity index (χ2n) is 2.80. The van der Waals surface area contributed by atoms with Crippen molar-refractivity contribution < 1.29 is 25.8 Å². The van der Waals surface area contributed by atoms with Gasteiger partial charge in [-0.2, -0.15) is 0 Å². The maximum absolute atomic E-state index is 10.9. The Kier molecular flexibility index (Phi) is 4.20. The van der Waals surface area contributed by atoms with Crippen molar-refractivity contribution in [2.75, 3.05) is 0 Å². The van der Waals surface area contributed by atoms with E-state index in [0.717, 1.165) is 0 Å². The molecule has 10 heavy (non-hydrogen) atoms. The summed E-state index contributed by atoms with van der Waals surface area (Å²) in [5.74, 6) is 1.44. The van der Waals surface area contributed by atoms with Crippen LogP contribution in [0.25, 0.3) is 0 Å². The Bertz CT molecular complexity index is 164. The number of rotatable bonds is 3. The normalized spacial score (nSPS) is 16.6. The molecule has 0 N–H and O–H groups in total. The van der Waals surface area contributed by atoms with Crippen molar-refractivity contribution in [3.05, 3.63) is 0 Å². The van der Waals surface area contributed by atoms with Gasteiger partial charge < -0.3 is 0 Å². The third-order valence-electron chi connectivity index (χ3n) is 0.574. The molecule has 0 aliphatic rings. The molecule has 0 aliphatic carbocycles. The first kappa shape index (κ1) is 10.7. The summed E-state index contributed by atoms with van der Waals surface area (Å²) >= 11 is -1.60. The minimum absolute atomic E-state index is 1.44. The van der Waals surface area contributed by atoms with E-state index in [2.05, 4.69) is 0 Å².